The molecular formula is C25H37O3Si. The molecule has 0 amide bonds. The zero-order valence-electron chi connectivity index (χ0n) is 18.8. The molecule has 3 atom stereocenters. The van der Waals surface area contributed by atoms with Crippen LogP contribution in [0, 0.1) is 18.3 Å². The first-order chi connectivity index (χ1) is 13.7. The molecule has 1 unspecified atom stereocenters. The number of hydrogen-bond acceptors (Lipinski definition) is 3. The second-order valence-electron chi connectivity index (χ2n) is 9.26. The molecule has 159 valence electrons. The van der Waals surface area contributed by atoms with Gasteiger partial charge in [-0.25, -0.2) is 0 Å². The van der Waals surface area contributed by atoms with Crippen molar-refractivity contribution in [3.63, 3.8) is 0 Å². The highest BCUT2D eigenvalue weighted by Crippen LogP contribution is 2.30. The third kappa shape index (κ3) is 8.05. The Bertz CT molecular complexity index is 724. The smallest absolute Gasteiger partial charge is 0.205 e. The van der Waals surface area contributed by atoms with Crippen LogP contribution in [0.15, 0.2) is 54.6 Å². The molecule has 2 aromatic rings. The fourth-order valence-corrected chi connectivity index (χ4v) is 4.58. The molecule has 0 aliphatic heterocycles. The number of rotatable bonds is 10. The average molecular weight is 414 g/mol. The molecule has 0 bridgehead atoms. The molecule has 0 saturated heterocycles. The molecule has 0 heterocycles. The number of hydrogen-bond donors (Lipinski definition) is 1. The second-order valence-corrected chi connectivity index (χ2v) is 11.3. The summed E-state index contributed by atoms with van der Waals surface area (Å²) in [6, 6.07) is 18.7. The number of ether oxygens (including phenoxy) is 1. The van der Waals surface area contributed by atoms with Crippen molar-refractivity contribution in [2.24, 2.45) is 11.3 Å². The van der Waals surface area contributed by atoms with Crippen LogP contribution in [-0.2, 0) is 22.2 Å². The maximum Gasteiger partial charge on any atom is 0.205 e. The summed E-state index contributed by atoms with van der Waals surface area (Å²) in [4.78, 5) is 0. The predicted octanol–water partition coefficient (Wildman–Crippen LogP) is 5.41. The number of aryl methyl sites for hydroxylation is 1. The quantitative estimate of drug-likeness (QED) is 0.529. The number of benzene rings is 2. The van der Waals surface area contributed by atoms with E-state index in [2.05, 4.69) is 77.2 Å². The topological polar surface area (TPSA) is 38.7 Å². The Kier molecular flexibility index (Phi) is 9.09. The van der Waals surface area contributed by atoms with E-state index in [0.29, 0.717) is 13.2 Å². The van der Waals surface area contributed by atoms with Gasteiger partial charge in [-0.2, -0.15) is 0 Å². The van der Waals surface area contributed by atoms with Crippen LogP contribution < -0.4 is 0 Å². The first kappa shape index (κ1) is 23.8. The van der Waals surface area contributed by atoms with Gasteiger partial charge in [0.15, 0.2) is 0 Å². The molecule has 29 heavy (non-hydrogen) atoms. The van der Waals surface area contributed by atoms with Crippen molar-refractivity contribution in [1.29, 1.82) is 0 Å². The summed E-state index contributed by atoms with van der Waals surface area (Å²) < 4.78 is 12.3. The fourth-order valence-electron chi connectivity index (χ4n) is 3.58. The van der Waals surface area contributed by atoms with Gasteiger partial charge in [0.25, 0.3) is 0 Å². The van der Waals surface area contributed by atoms with Crippen molar-refractivity contribution in [2.75, 3.05) is 6.61 Å². The van der Waals surface area contributed by atoms with Gasteiger partial charge in [-0.15, -0.1) is 0 Å². The molecule has 2 aromatic carbocycles. The van der Waals surface area contributed by atoms with Gasteiger partial charge in [0.2, 0.25) is 9.04 Å². The molecule has 2 rings (SSSR count). The number of aliphatic hydroxyl groups is 1. The summed E-state index contributed by atoms with van der Waals surface area (Å²) in [6.07, 6.45) is -0.0454. The maximum atomic E-state index is 11.4. The lowest BCUT2D eigenvalue weighted by Crippen LogP contribution is -2.47. The van der Waals surface area contributed by atoms with Gasteiger partial charge < -0.3 is 14.3 Å². The van der Waals surface area contributed by atoms with E-state index in [-0.39, 0.29) is 17.4 Å². The standard InChI is InChI=1S/C25H37O3Si/c1-19-11-10-14-21(15-19)16-22(18-27-17-20-12-8-7-9-13-20)23(26)24(25(2,3)4)28-29(5)6/h7-15,22-24,26H,16-18H2,1-6H3/t22-,23-,24?/m1/s1. The molecule has 3 nitrogen and oxygen atoms in total. The summed E-state index contributed by atoms with van der Waals surface area (Å²) in [6.45, 7) is 13.8. The van der Waals surface area contributed by atoms with E-state index in [9.17, 15) is 5.11 Å². The van der Waals surface area contributed by atoms with Crippen molar-refractivity contribution < 1.29 is 14.3 Å². The van der Waals surface area contributed by atoms with Crippen molar-refractivity contribution >= 4 is 9.04 Å². The lowest BCUT2D eigenvalue weighted by Gasteiger charge is -2.39. The Morgan fingerprint density at radius 2 is 1.62 bits per heavy atom. The lowest BCUT2D eigenvalue weighted by molar-refractivity contribution is -0.0763. The van der Waals surface area contributed by atoms with Crippen LogP contribution in [0.4, 0.5) is 0 Å². The van der Waals surface area contributed by atoms with E-state index in [4.69, 9.17) is 9.16 Å². The molecule has 0 aliphatic carbocycles. The zero-order valence-corrected chi connectivity index (χ0v) is 19.8. The van der Waals surface area contributed by atoms with E-state index in [1.54, 1.807) is 0 Å². The van der Waals surface area contributed by atoms with Crippen LogP contribution in [0.25, 0.3) is 0 Å². The Hall–Kier alpha value is -1.46. The summed E-state index contributed by atoms with van der Waals surface area (Å²) in [5, 5.41) is 11.4. The van der Waals surface area contributed by atoms with E-state index in [0.717, 1.165) is 12.0 Å². The van der Waals surface area contributed by atoms with Crippen LogP contribution in [0.3, 0.4) is 0 Å². The van der Waals surface area contributed by atoms with Gasteiger partial charge in [0.1, 0.15) is 0 Å². The third-order valence-electron chi connectivity index (χ3n) is 5.03. The first-order valence-corrected chi connectivity index (χ1v) is 12.9. The van der Waals surface area contributed by atoms with Gasteiger partial charge in [-0.05, 0) is 43.0 Å². The Labute approximate surface area is 178 Å². The largest absolute Gasteiger partial charge is 0.411 e. The Balaban J connectivity index is 2.16. The zero-order chi connectivity index (χ0) is 21.4. The molecule has 1 radical (unpaired) electrons. The summed E-state index contributed by atoms with van der Waals surface area (Å²) in [5.74, 6) is -0.0360. The normalized spacial score (nSPS) is 15.3. The van der Waals surface area contributed by atoms with E-state index < -0.39 is 15.1 Å². The van der Waals surface area contributed by atoms with E-state index in [1.165, 1.54) is 11.1 Å². The minimum atomic E-state index is -0.936. The van der Waals surface area contributed by atoms with Gasteiger partial charge in [-0.3, -0.25) is 0 Å². The van der Waals surface area contributed by atoms with Crippen LogP contribution >= 0.6 is 0 Å². The molecule has 0 fully saturated rings. The highest BCUT2D eigenvalue weighted by Gasteiger charge is 2.37. The molecule has 0 spiro atoms. The van der Waals surface area contributed by atoms with Crippen LogP contribution in [0.1, 0.15) is 37.5 Å². The molecule has 4 heteroatoms. The lowest BCUT2D eigenvalue weighted by atomic mass is 9.80. The van der Waals surface area contributed by atoms with Crippen molar-refractivity contribution in [3.8, 4) is 0 Å². The van der Waals surface area contributed by atoms with Crippen molar-refractivity contribution in [1.82, 2.24) is 0 Å². The minimum absolute atomic E-state index is 0.0360. The molecule has 0 saturated carbocycles. The molecule has 0 aromatic heterocycles. The maximum absolute atomic E-state index is 11.4. The predicted molar refractivity (Wildman–Crippen MR) is 122 cm³/mol. The SMILES string of the molecule is Cc1cccc(C[C@H](COCc2ccccc2)[C@@H](O)C(O[Si](C)C)C(C)(C)C)c1. The highest BCUT2D eigenvalue weighted by atomic mass is 28.3. The third-order valence-corrected chi connectivity index (χ3v) is 5.76. The van der Waals surface area contributed by atoms with Gasteiger partial charge in [0, 0.05) is 5.92 Å². The van der Waals surface area contributed by atoms with Crippen LogP contribution in [0.2, 0.25) is 13.1 Å². The summed E-state index contributed by atoms with van der Waals surface area (Å²) in [5.41, 5.74) is 3.46. The van der Waals surface area contributed by atoms with Gasteiger partial charge >= 0.3 is 0 Å². The summed E-state index contributed by atoms with van der Waals surface area (Å²) in [7, 11) is -0.936. The van der Waals surface area contributed by atoms with Gasteiger partial charge in [0.05, 0.1) is 25.4 Å². The second kappa shape index (κ2) is 11.1. The fraction of sp³-hybridized carbons (Fsp3) is 0.520. The Morgan fingerprint density at radius 3 is 2.21 bits per heavy atom. The number of aliphatic hydroxyl groups excluding tert-OH is 1. The molecular weight excluding hydrogens is 376 g/mol. The van der Waals surface area contributed by atoms with Crippen molar-refractivity contribution in [3.05, 3.63) is 71.3 Å². The monoisotopic (exact) mass is 413 g/mol. The minimum Gasteiger partial charge on any atom is -0.411 e. The average Bonchev–Trinajstić information content (AvgIpc) is 2.65. The van der Waals surface area contributed by atoms with E-state index in [1.807, 2.05) is 18.2 Å². The first-order valence-electron chi connectivity index (χ1n) is 10.5. The summed E-state index contributed by atoms with van der Waals surface area (Å²) >= 11 is 0. The molecule has 0 aliphatic rings. The van der Waals surface area contributed by atoms with Crippen LogP contribution in [-0.4, -0.2) is 33.0 Å². The Morgan fingerprint density at radius 1 is 0.966 bits per heavy atom. The molecule has 1 N–H and O–H groups in total. The van der Waals surface area contributed by atoms with Crippen LogP contribution in [0.5, 0.6) is 0 Å². The van der Waals surface area contributed by atoms with Crippen molar-refractivity contribution in [2.45, 2.75) is 66.0 Å². The van der Waals surface area contributed by atoms with E-state index >= 15 is 0 Å². The highest BCUT2D eigenvalue weighted by molar-refractivity contribution is 6.48. The van der Waals surface area contributed by atoms with Gasteiger partial charge in [-0.1, -0.05) is 80.9 Å².